The first-order valence-electron chi connectivity index (χ1n) is 22.1. The van der Waals surface area contributed by atoms with Crippen LogP contribution in [-0.4, -0.2) is 89.1 Å². The normalized spacial score (nSPS) is 36.2. The highest BCUT2D eigenvalue weighted by Gasteiger charge is 2.70. The van der Waals surface area contributed by atoms with E-state index in [1.807, 2.05) is 18.2 Å². The summed E-state index contributed by atoms with van der Waals surface area (Å²) in [7, 11) is 4.16. The number of ketones is 1. The van der Waals surface area contributed by atoms with E-state index in [9.17, 15) is 24.9 Å². The monoisotopic (exact) mass is 811 g/mol. The topological polar surface area (TPSA) is 111 Å². The number of carboxylic acid groups (broad SMARTS) is 1. The summed E-state index contributed by atoms with van der Waals surface area (Å²) in [6.45, 7) is 22.7. The number of benzene rings is 1. The smallest absolute Gasteiger partial charge is 0.309 e. The first-order valence-corrected chi connectivity index (χ1v) is 22.5. The average Bonchev–Trinajstić information content (AvgIpc) is 3.42. The predicted molar refractivity (Wildman–Crippen MR) is 228 cm³/mol. The molecule has 6 rings (SSSR count). The van der Waals surface area contributed by atoms with Crippen LogP contribution in [0.25, 0.3) is 0 Å². The van der Waals surface area contributed by atoms with E-state index in [1.165, 1.54) is 5.57 Å². The molecule has 0 heterocycles. The van der Waals surface area contributed by atoms with Crippen molar-refractivity contribution in [1.82, 2.24) is 9.80 Å². The minimum absolute atomic E-state index is 0.0223. The van der Waals surface area contributed by atoms with Crippen LogP contribution in [0.4, 0.5) is 0 Å². The Kier molecular flexibility index (Phi) is 12.5. The maximum Gasteiger partial charge on any atom is 0.309 e. The van der Waals surface area contributed by atoms with Crippen molar-refractivity contribution in [3.05, 3.63) is 46.0 Å². The molecule has 0 spiro atoms. The first kappa shape index (κ1) is 44.7. The number of hydrogen-bond acceptors (Lipinski definition) is 7. The Labute approximate surface area is 349 Å². The van der Waals surface area contributed by atoms with Gasteiger partial charge in [0.05, 0.1) is 17.6 Å². The van der Waals surface area contributed by atoms with E-state index in [4.69, 9.17) is 16.3 Å². The Hall–Kier alpha value is -1.81. The molecule has 4 fully saturated rings. The predicted octanol–water partition coefficient (Wildman–Crippen LogP) is 9.25. The van der Waals surface area contributed by atoms with Crippen molar-refractivity contribution < 1.29 is 29.6 Å². The van der Waals surface area contributed by atoms with Crippen LogP contribution in [0.5, 0.6) is 0 Å². The number of carbonyl (C=O) groups is 2. The summed E-state index contributed by atoms with van der Waals surface area (Å²) < 4.78 is 6.39. The number of likely N-dealkylation sites (N-methyl/N-ethyl adjacent to an activating group) is 1. The zero-order valence-corrected chi connectivity index (χ0v) is 37.8. The molecule has 10 unspecified atom stereocenters. The van der Waals surface area contributed by atoms with Crippen LogP contribution in [0, 0.1) is 56.2 Å². The number of ether oxygens (including phenoxy) is 1. The summed E-state index contributed by atoms with van der Waals surface area (Å²) in [5.41, 5.74) is 1.64. The molecule has 320 valence electrons. The van der Waals surface area contributed by atoms with E-state index in [1.54, 1.807) is 13.8 Å². The van der Waals surface area contributed by atoms with Crippen molar-refractivity contribution in [3.8, 4) is 0 Å². The van der Waals surface area contributed by atoms with Crippen LogP contribution >= 0.6 is 11.6 Å². The van der Waals surface area contributed by atoms with E-state index in [2.05, 4.69) is 78.4 Å². The van der Waals surface area contributed by atoms with Crippen molar-refractivity contribution in [1.29, 1.82) is 0 Å². The van der Waals surface area contributed by atoms with Gasteiger partial charge < -0.3 is 25.0 Å². The molecular weight excluding hydrogens is 736 g/mol. The van der Waals surface area contributed by atoms with E-state index < -0.39 is 29.2 Å². The van der Waals surface area contributed by atoms with Crippen LogP contribution in [0.1, 0.15) is 132 Å². The average molecular weight is 812 g/mol. The third-order valence-electron chi connectivity index (χ3n) is 17.3. The Bertz CT molecular complexity index is 1710. The van der Waals surface area contributed by atoms with Gasteiger partial charge in [-0.15, -0.1) is 0 Å². The van der Waals surface area contributed by atoms with Gasteiger partial charge in [0.25, 0.3) is 0 Å². The maximum absolute atomic E-state index is 14.3. The summed E-state index contributed by atoms with van der Waals surface area (Å²) >= 11 is 6.68. The van der Waals surface area contributed by atoms with Crippen LogP contribution in [0.3, 0.4) is 0 Å². The highest BCUT2D eigenvalue weighted by atomic mass is 35.5. The molecule has 0 aromatic heterocycles. The molecule has 3 N–H and O–H groups in total. The molecule has 0 bridgehead atoms. The Balaban J connectivity index is 1.29. The van der Waals surface area contributed by atoms with E-state index in [0.29, 0.717) is 31.3 Å². The first-order chi connectivity index (χ1) is 26.4. The van der Waals surface area contributed by atoms with Gasteiger partial charge >= 0.3 is 5.97 Å². The number of allylic oxidation sites excluding steroid dienone is 1. The number of aliphatic hydroxyl groups is 2. The second-order valence-electron chi connectivity index (χ2n) is 21.8. The number of aliphatic carboxylic acids is 1. The third-order valence-corrected chi connectivity index (χ3v) is 17.7. The van der Waals surface area contributed by atoms with Crippen molar-refractivity contribution >= 4 is 23.4 Å². The molecule has 1 aromatic rings. The summed E-state index contributed by atoms with van der Waals surface area (Å²) in [5, 5.41) is 34.2. The molecule has 0 radical (unpaired) electrons. The molecular formula is C48H75ClN2O6. The molecule has 57 heavy (non-hydrogen) atoms. The molecule has 1 aromatic carbocycles. The fourth-order valence-electron chi connectivity index (χ4n) is 13.9. The number of carbonyl (C=O) groups excluding carboxylic acids is 1. The number of nitrogens with zero attached hydrogens (tertiary/aromatic N) is 2. The Morgan fingerprint density at radius 2 is 1.61 bits per heavy atom. The molecule has 10 atom stereocenters. The van der Waals surface area contributed by atoms with Gasteiger partial charge in [-0.3, -0.25) is 14.5 Å². The van der Waals surface area contributed by atoms with Crippen molar-refractivity contribution in [2.24, 2.45) is 56.2 Å². The van der Waals surface area contributed by atoms with Crippen molar-refractivity contribution in [2.75, 3.05) is 33.7 Å². The van der Waals surface area contributed by atoms with Crippen LogP contribution in [-0.2, 0) is 20.9 Å². The fraction of sp³-hybridized carbons (Fsp3) is 0.792. The van der Waals surface area contributed by atoms with Gasteiger partial charge in [0.2, 0.25) is 0 Å². The lowest BCUT2D eigenvalue weighted by Crippen LogP contribution is -2.66. The van der Waals surface area contributed by atoms with Gasteiger partial charge in [-0.05, 0) is 142 Å². The fourth-order valence-corrected chi connectivity index (χ4v) is 14.1. The maximum atomic E-state index is 14.3. The Morgan fingerprint density at radius 1 is 0.930 bits per heavy atom. The largest absolute Gasteiger partial charge is 0.481 e. The van der Waals surface area contributed by atoms with E-state index in [-0.39, 0.29) is 51.8 Å². The highest BCUT2D eigenvalue weighted by molar-refractivity contribution is 6.31. The lowest BCUT2D eigenvalue weighted by molar-refractivity contribution is -0.258. The highest BCUT2D eigenvalue weighted by Crippen LogP contribution is 2.77. The van der Waals surface area contributed by atoms with Crippen molar-refractivity contribution in [3.63, 3.8) is 0 Å². The van der Waals surface area contributed by atoms with Gasteiger partial charge in [-0.2, -0.15) is 0 Å². The molecule has 9 heteroatoms. The molecule has 5 aliphatic rings. The van der Waals surface area contributed by atoms with Crippen LogP contribution in [0.15, 0.2) is 35.4 Å². The molecule has 8 nitrogen and oxygen atoms in total. The summed E-state index contributed by atoms with van der Waals surface area (Å²) in [6, 6.07) is 7.99. The molecule has 0 saturated heterocycles. The lowest BCUT2D eigenvalue weighted by Gasteiger charge is -2.72. The second-order valence-corrected chi connectivity index (χ2v) is 22.2. The SMILES string of the molecule is CC(C)C1=C2C3CCC4C5(C)CCC(OC(O)CC(C)(C)C(=O)O)C(C)(C)C5CCC4(C)C3(C)CCC2(C(O)CN(CCN(C)C)Cc2ccccc2Cl)CC1=O. The minimum Gasteiger partial charge on any atom is -0.481 e. The van der Waals surface area contributed by atoms with Gasteiger partial charge in [0.1, 0.15) is 0 Å². The Morgan fingerprint density at radius 3 is 2.25 bits per heavy atom. The van der Waals surface area contributed by atoms with Gasteiger partial charge in [-0.25, -0.2) is 0 Å². The zero-order chi connectivity index (χ0) is 42.1. The zero-order valence-electron chi connectivity index (χ0n) is 37.1. The van der Waals surface area contributed by atoms with Gasteiger partial charge in [-0.1, -0.05) is 83.8 Å². The number of carboxylic acids is 1. The molecule has 0 amide bonds. The lowest BCUT2D eigenvalue weighted by atomic mass is 9.33. The third kappa shape index (κ3) is 7.62. The quantitative estimate of drug-likeness (QED) is 0.160. The van der Waals surface area contributed by atoms with Crippen LogP contribution in [0.2, 0.25) is 5.02 Å². The number of fused-ring (bicyclic) bond motifs is 7. The minimum atomic E-state index is -1.13. The summed E-state index contributed by atoms with van der Waals surface area (Å²) in [4.78, 5) is 30.7. The number of halogens is 1. The number of Topliss-reactive ketones (excluding diaryl/α,β-unsaturated/α-hetero) is 1. The molecule has 5 aliphatic carbocycles. The summed E-state index contributed by atoms with van der Waals surface area (Å²) in [6.07, 6.45) is 6.46. The number of aliphatic hydroxyl groups excluding tert-OH is 2. The molecule has 0 aliphatic heterocycles. The van der Waals surface area contributed by atoms with Crippen LogP contribution < -0.4 is 0 Å². The summed E-state index contributed by atoms with van der Waals surface area (Å²) in [5.74, 6) is 0.547. The number of rotatable bonds is 14. The second kappa shape index (κ2) is 15.9. The standard InChI is InChI=1S/C48H75ClN2O6/c1-30(2)40-34(52)26-48(37(53)29-51(25-24-50(10)11)28-31-14-12-13-15-33(31)49)23-22-46(8)32(41(40)48)16-17-36-45(7)20-19-38(57-39(54)27-43(3,4)42(55)56)44(5,6)35(45)18-21-47(36,46)9/h12-15,30,32,35-39,53-54H,16-29H2,1-11H3,(H,55,56). The van der Waals surface area contributed by atoms with Crippen molar-refractivity contribution in [2.45, 2.75) is 152 Å². The van der Waals surface area contributed by atoms with E-state index in [0.717, 1.165) is 80.6 Å². The van der Waals surface area contributed by atoms with Gasteiger partial charge in [0.15, 0.2) is 12.1 Å². The van der Waals surface area contributed by atoms with E-state index >= 15 is 0 Å². The molecule has 4 saturated carbocycles. The van der Waals surface area contributed by atoms with Gasteiger partial charge in [0, 0.05) is 49.5 Å². The number of hydrogen-bond donors (Lipinski definition) is 3.